The zero-order valence-electron chi connectivity index (χ0n) is 11.5. The number of nitrogens with one attached hydrogen (secondary N) is 1. The van der Waals surface area contributed by atoms with E-state index in [-0.39, 0.29) is 6.04 Å². The maximum atomic E-state index is 13.6. The highest BCUT2D eigenvalue weighted by Crippen LogP contribution is 2.23. The normalized spacial score (nSPS) is 13.4. The summed E-state index contributed by atoms with van der Waals surface area (Å²) in [6, 6.07) is 1.94. The Kier molecular flexibility index (Phi) is 4.84. The van der Waals surface area contributed by atoms with Gasteiger partial charge in [-0.3, -0.25) is 4.99 Å². The Morgan fingerprint density at radius 3 is 2.95 bits per heavy atom. The second-order valence-electron chi connectivity index (χ2n) is 4.90. The van der Waals surface area contributed by atoms with Crippen molar-refractivity contribution in [3.8, 4) is 0 Å². The Morgan fingerprint density at radius 1 is 1.40 bits per heavy atom. The molecule has 0 aliphatic rings. The molecule has 2 rings (SSSR count). The monoisotopic (exact) mass is 279 g/mol. The lowest BCUT2D eigenvalue weighted by molar-refractivity contribution is 0.591. The summed E-state index contributed by atoms with van der Waals surface area (Å²) in [5, 5.41) is 0.542. The van der Waals surface area contributed by atoms with Gasteiger partial charge in [-0.1, -0.05) is 13.3 Å². The number of aliphatic imine (C=N–C) groups is 1. The standard InChI is InChI=1S/C15H19F2N3/c1-2-3-4-19-9-12(18)5-10-8-20-15-13(10)6-11(16)7-14(15)17/h6-9,12,20H,2-5,18H2,1H3. The Bertz CT molecular complexity index is 604. The maximum Gasteiger partial charge on any atom is 0.150 e. The first-order chi connectivity index (χ1) is 9.61. The SMILES string of the molecule is CCCCN=CC(N)Cc1c[nH]c2c(F)cc(F)cc12. The van der Waals surface area contributed by atoms with Crippen LogP contribution >= 0.6 is 0 Å². The third-order valence-electron chi connectivity index (χ3n) is 3.18. The van der Waals surface area contributed by atoms with Crippen LogP contribution in [0.4, 0.5) is 8.78 Å². The van der Waals surface area contributed by atoms with E-state index in [1.807, 2.05) is 0 Å². The molecule has 0 saturated heterocycles. The number of hydrogen-bond donors (Lipinski definition) is 2. The smallest absolute Gasteiger partial charge is 0.150 e. The Morgan fingerprint density at radius 2 is 2.20 bits per heavy atom. The molecule has 3 nitrogen and oxygen atoms in total. The highest BCUT2D eigenvalue weighted by Gasteiger charge is 2.11. The predicted octanol–water partition coefficient (Wildman–Crippen LogP) is 3.19. The molecule has 0 fully saturated rings. The van der Waals surface area contributed by atoms with Crippen molar-refractivity contribution in [2.24, 2.45) is 10.7 Å². The molecular formula is C15H19F2N3. The van der Waals surface area contributed by atoms with Crippen molar-refractivity contribution in [3.63, 3.8) is 0 Å². The first-order valence-electron chi connectivity index (χ1n) is 6.82. The lowest BCUT2D eigenvalue weighted by atomic mass is 10.1. The number of benzene rings is 1. The van der Waals surface area contributed by atoms with Gasteiger partial charge >= 0.3 is 0 Å². The molecule has 20 heavy (non-hydrogen) atoms. The van der Waals surface area contributed by atoms with E-state index in [1.54, 1.807) is 12.4 Å². The summed E-state index contributed by atoms with van der Waals surface area (Å²) in [7, 11) is 0. The molecule has 0 amide bonds. The van der Waals surface area contributed by atoms with Gasteiger partial charge in [0.15, 0.2) is 0 Å². The first kappa shape index (κ1) is 14.7. The summed E-state index contributed by atoms with van der Waals surface area (Å²) in [5.41, 5.74) is 7.08. The van der Waals surface area contributed by atoms with Crippen LogP contribution in [0.5, 0.6) is 0 Å². The van der Waals surface area contributed by atoms with Crippen molar-refractivity contribution in [1.82, 2.24) is 4.98 Å². The van der Waals surface area contributed by atoms with Crippen molar-refractivity contribution in [2.45, 2.75) is 32.2 Å². The van der Waals surface area contributed by atoms with E-state index in [0.717, 1.165) is 31.0 Å². The number of halogens is 2. The number of aromatic nitrogens is 1. The third kappa shape index (κ3) is 3.42. The Balaban J connectivity index is 2.12. The van der Waals surface area contributed by atoms with Crippen LogP contribution < -0.4 is 5.73 Å². The number of fused-ring (bicyclic) bond motifs is 1. The van der Waals surface area contributed by atoms with E-state index < -0.39 is 11.6 Å². The fourth-order valence-electron chi connectivity index (χ4n) is 2.15. The molecule has 108 valence electrons. The highest BCUT2D eigenvalue weighted by atomic mass is 19.1. The number of hydrogen-bond acceptors (Lipinski definition) is 2. The summed E-state index contributed by atoms with van der Waals surface area (Å²) in [4.78, 5) is 7.07. The minimum absolute atomic E-state index is 0.253. The fourth-order valence-corrected chi connectivity index (χ4v) is 2.15. The minimum atomic E-state index is -0.587. The average molecular weight is 279 g/mol. The van der Waals surface area contributed by atoms with Crippen LogP contribution in [-0.2, 0) is 6.42 Å². The summed E-state index contributed by atoms with van der Waals surface area (Å²) < 4.78 is 26.8. The molecule has 5 heteroatoms. The highest BCUT2D eigenvalue weighted by molar-refractivity contribution is 5.84. The summed E-state index contributed by atoms with van der Waals surface area (Å²) >= 11 is 0. The molecule has 1 unspecified atom stereocenters. The molecular weight excluding hydrogens is 260 g/mol. The Labute approximate surface area is 116 Å². The number of nitrogens with two attached hydrogens (primary N) is 1. The number of aromatic amines is 1. The van der Waals surface area contributed by atoms with Crippen LogP contribution in [0, 0.1) is 11.6 Å². The lowest BCUT2D eigenvalue weighted by Crippen LogP contribution is -2.24. The van der Waals surface area contributed by atoms with E-state index in [2.05, 4.69) is 16.9 Å². The topological polar surface area (TPSA) is 54.2 Å². The van der Waals surface area contributed by atoms with Gasteiger partial charge < -0.3 is 10.7 Å². The molecule has 0 radical (unpaired) electrons. The zero-order valence-corrected chi connectivity index (χ0v) is 11.5. The van der Waals surface area contributed by atoms with Crippen molar-refractivity contribution in [1.29, 1.82) is 0 Å². The quantitative estimate of drug-likeness (QED) is 0.619. The number of H-pyrrole nitrogens is 1. The van der Waals surface area contributed by atoms with E-state index in [9.17, 15) is 8.78 Å². The fraction of sp³-hybridized carbons (Fsp3) is 0.400. The summed E-state index contributed by atoms with van der Waals surface area (Å²) in [5.74, 6) is -1.17. The van der Waals surface area contributed by atoms with Gasteiger partial charge in [0.1, 0.15) is 11.6 Å². The molecule has 1 aromatic heterocycles. The molecule has 1 atom stereocenters. The second kappa shape index (κ2) is 6.61. The molecule has 1 heterocycles. The van der Waals surface area contributed by atoms with E-state index >= 15 is 0 Å². The largest absolute Gasteiger partial charge is 0.359 e. The molecule has 0 bridgehead atoms. The van der Waals surface area contributed by atoms with Crippen LogP contribution in [0.1, 0.15) is 25.3 Å². The van der Waals surface area contributed by atoms with Gasteiger partial charge in [0.25, 0.3) is 0 Å². The first-order valence-corrected chi connectivity index (χ1v) is 6.82. The second-order valence-corrected chi connectivity index (χ2v) is 4.90. The van der Waals surface area contributed by atoms with Crippen LogP contribution in [-0.4, -0.2) is 23.8 Å². The zero-order chi connectivity index (χ0) is 14.5. The van der Waals surface area contributed by atoms with Crippen LogP contribution in [0.2, 0.25) is 0 Å². The Hall–Kier alpha value is -1.75. The number of nitrogens with zero attached hydrogens (tertiary/aromatic N) is 1. The molecule has 1 aromatic carbocycles. The van der Waals surface area contributed by atoms with Gasteiger partial charge in [-0.2, -0.15) is 0 Å². The number of unbranched alkanes of at least 4 members (excludes halogenated alkanes) is 1. The van der Waals surface area contributed by atoms with Crippen LogP contribution in [0.3, 0.4) is 0 Å². The molecule has 3 N–H and O–H groups in total. The van der Waals surface area contributed by atoms with E-state index in [1.165, 1.54) is 6.07 Å². The van der Waals surface area contributed by atoms with Crippen LogP contribution in [0.25, 0.3) is 10.9 Å². The summed E-state index contributed by atoms with van der Waals surface area (Å²) in [6.45, 7) is 2.87. The number of rotatable bonds is 6. The summed E-state index contributed by atoms with van der Waals surface area (Å²) in [6.07, 6.45) is 6.01. The van der Waals surface area contributed by atoms with Crippen molar-refractivity contribution in [2.75, 3.05) is 6.54 Å². The molecule has 0 aliphatic carbocycles. The van der Waals surface area contributed by atoms with Crippen molar-refractivity contribution < 1.29 is 8.78 Å². The maximum absolute atomic E-state index is 13.6. The van der Waals surface area contributed by atoms with Gasteiger partial charge in [-0.25, -0.2) is 8.78 Å². The molecule has 0 spiro atoms. The van der Waals surface area contributed by atoms with Gasteiger partial charge in [-0.05, 0) is 24.5 Å². The minimum Gasteiger partial charge on any atom is -0.359 e. The van der Waals surface area contributed by atoms with E-state index in [4.69, 9.17) is 5.73 Å². The van der Waals surface area contributed by atoms with Crippen molar-refractivity contribution >= 4 is 17.1 Å². The van der Waals surface area contributed by atoms with Gasteiger partial charge in [0.2, 0.25) is 0 Å². The third-order valence-corrected chi connectivity index (χ3v) is 3.18. The molecule has 0 aliphatic heterocycles. The van der Waals surface area contributed by atoms with Gasteiger partial charge in [0, 0.05) is 36.5 Å². The van der Waals surface area contributed by atoms with Gasteiger partial charge in [0.05, 0.1) is 5.52 Å². The molecule has 0 saturated carbocycles. The van der Waals surface area contributed by atoms with Crippen molar-refractivity contribution in [3.05, 3.63) is 35.5 Å². The van der Waals surface area contributed by atoms with Crippen LogP contribution in [0.15, 0.2) is 23.3 Å². The van der Waals surface area contributed by atoms with Gasteiger partial charge in [-0.15, -0.1) is 0 Å². The van der Waals surface area contributed by atoms with E-state index in [0.29, 0.717) is 17.3 Å². The predicted molar refractivity (Wildman–Crippen MR) is 78.2 cm³/mol. The molecule has 2 aromatic rings. The average Bonchev–Trinajstić information content (AvgIpc) is 2.78. The lowest BCUT2D eigenvalue weighted by Gasteiger charge is -2.05.